The van der Waals surface area contributed by atoms with Crippen LogP contribution in [0.25, 0.3) is 17.1 Å². The number of rotatable bonds is 6. The Morgan fingerprint density at radius 2 is 1.72 bits per heavy atom. The van der Waals surface area contributed by atoms with Gasteiger partial charge in [0.05, 0.1) is 4.92 Å². The predicted octanol–water partition coefficient (Wildman–Crippen LogP) is 5.44. The molecule has 0 bridgehead atoms. The summed E-state index contributed by atoms with van der Waals surface area (Å²) in [5.74, 6) is 1.42. The van der Waals surface area contributed by atoms with Crippen LogP contribution in [0.2, 0.25) is 0 Å². The molecule has 0 aliphatic carbocycles. The number of benzene rings is 3. The van der Waals surface area contributed by atoms with Gasteiger partial charge in [-0.1, -0.05) is 66.4 Å². The minimum absolute atomic E-state index is 0.0908. The summed E-state index contributed by atoms with van der Waals surface area (Å²) in [7, 11) is 0. The van der Waals surface area contributed by atoms with Crippen molar-refractivity contribution in [3.63, 3.8) is 0 Å². The fourth-order valence-corrected chi connectivity index (χ4v) is 3.91. The van der Waals surface area contributed by atoms with Gasteiger partial charge in [0, 0.05) is 29.1 Å². The van der Waals surface area contributed by atoms with Crippen LogP contribution >= 0.6 is 11.8 Å². The zero-order valence-corrected chi connectivity index (χ0v) is 16.5. The highest BCUT2D eigenvalue weighted by Gasteiger charge is 2.16. The van der Waals surface area contributed by atoms with Crippen molar-refractivity contribution in [2.75, 3.05) is 0 Å². The molecular weight excluding hydrogens is 384 g/mol. The highest BCUT2D eigenvalue weighted by molar-refractivity contribution is 7.98. The molecule has 0 N–H and O–H groups in total. The molecule has 0 aliphatic rings. The first-order chi connectivity index (χ1) is 14.1. The number of non-ortho nitro benzene ring substituents is 1. The minimum atomic E-state index is -0.391. The van der Waals surface area contributed by atoms with E-state index >= 15 is 0 Å². The Bertz CT molecular complexity index is 1140. The maximum absolute atomic E-state index is 10.8. The smallest absolute Gasteiger partial charge is 0.269 e. The van der Waals surface area contributed by atoms with Crippen molar-refractivity contribution < 1.29 is 4.92 Å². The molecular formula is C22H18N4O2S. The van der Waals surface area contributed by atoms with E-state index in [-0.39, 0.29) is 5.69 Å². The largest absolute Gasteiger partial charge is 0.270 e. The van der Waals surface area contributed by atoms with Crippen molar-refractivity contribution in [3.05, 3.63) is 100 Å². The van der Waals surface area contributed by atoms with Gasteiger partial charge in [0.15, 0.2) is 11.0 Å². The predicted molar refractivity (Wildman–Crippen MR) is 114 cm³/mol. The van der Waals surface area contributed by atoms with Crippen LogP contribution in [-0.2, 0) is 5.75 Å². The van der Waals surface area contributed by atoms with Crippen LogP contribution in [0, 0.1) is 17.0 Å². The number of nitro groups is 1. The van der Waals surface area contributed by atoms with Gasteiger partial charge in [0.2, 0.25) is 0 Å². The Morgan fingerprint density at radius 3 is 2.41 bits per heavy atom. The number of nitro benzene ring substituents is 1. The number of aromatic nitrogens is 3. The Kier molecular flexibility index (Phi) is 5.39. The first-order valence-corrected chi connectivity index (χ1v) is 10.0. The second-order valence-electron chi connectivity index (χ2n) is 6.56. The molecule has 144 valence electrons. The summed E-state index contributed by atoms with van der Waals surface area (Å²) < 4.78 is 2.05. The molecule has 0 spiro atoms. The van der Waals surface area contributed by atoms with E-state index < -0.39 is 4.92 Å². The Morgan fingerprint density at radius 1 is 0.966 bits per heavy atom. The highest BCUT2D eigenvalue weighted by Crippen LogP contribution is 2.30. The SMILES string of the molecule is Cc1cccc(-n2c(SCc3ccc([N+](=O)[O-])cc3)nnc2-c2ccccc2)c1. The average Bonchev–Trinajstić information content (AvgIpc) is 3.17. The van der Waals surface area contributed by atoms with E-state index in [1.165, 1.54) is 12.1 Å². The number of aryl methyl sites for hydroxylation is 1. The van der Waals surface area contributed by atoms with Gasteiger partial charge in [0.1, 0.15) is 0 Å². The molecule has 3 aromatic carbocycles. The van der Waals surface area contributed by atoms with Crippen LogP contribution in [0.3, 0.4) is 0 Å². The summed E-state index contributed by atoms with van der Waals surface area (Å²) in [6, 6.07) is 24.8. The zero-order chi connectivity index (χ0) is 20.2. The molecule has 29 heavy (non-hydrogen) atoms. The van der Waals surface area contributed by atoms with Gasteiger partial charge in [-0.15, -0.1) is 10.2 Å². The van der Waals surface area contributed by atoms with Crippen molar-refractivity contribution in [2.24, 2.45) is 0 Å². The van der Waals surface area contributed by atoms with Gasteiger partial charge in [-0.2, -0.15) is 0 Å². The topological polar surface area (TPSA) is 73.8 Å². The molecule has 0 fully saturated rings. The Balaban J connectivity index is 1.68. The highest BCUT2D eigenvalue weighted by atomic mass is 32.2. The molecule has 6 nitrogen and oxygen atoms in total. The lowest BCUT2D eigenvalue weighted by Gasteiger charge is -2.11. The van der Waals surface area contributed by atoms with Gasteiger partial charge in [-0.3, -0.25) is 14.7 Å². The maximum Gasteiger partial charge on any atom is 0.269 e. The monoisotopic (exact) mass is 402 g/mol. The second kappa shape index (κ2) is 8.28. The third kappa shape index (κ3) is 4.20. The van der Waals surface area contributed by atoms with Gasteiger partial charge in [-0.25, -0.2) is 0 Å². The quantitative estimate of drug-likeness (QED) is 0.244. The molecule has 1 heterocycles. The molecule has 0 saturated carbocycles. The number of nitrogens with zero attached hydrogens (tertiary/aromatic N) is 4. The molecule has 0 aliphatic heterocycles. The van der Waals surface area contributed by atoms with Crippen molar-refractivity contribution in [2.45, 2.75) is 17.8 Å². The lowest BCUT2D eigenvalue weighted by molar-refractivity contribution is -0.384. The average molecular weight is 402 g/mol. The summed E-state index contributed by atoms with van der Waals surface area (Å²) in [5.41, 5.74) is 4.22. The van der Waals surface area contributed by atoms with Crippen molar-refractivity contribution in [3.8, 4) is 17.1 Å². The van der Waals surface area contributed by atoms with Crippen molar-refractivity contribution in [1.29, 1.82) is 0 Å². The van der Waals surface area contributed by atoms with Crippen LogP contribution in [-0.4, -0.2) is 19.7 Å². The summed E-state index contributed by atoms with van der Waals surface area (Å²) >= 11 is 1.55. The number of hydrogen-bond donors (Lipinski definition) is 0. The fraction of sp³-hybridized carbons (Fsp3) is 0.0909. The lowest BCUT2D eigenvalue weighted by Crippen LogP contribution is -2.00. The van der Waals surface area contributed by atoms with Crippen LogP contribution in [0.15, 0.2) is 84.0 Å². The standard InChI is InChI=1S/C22H18N4O2S/c1-16-6-5-9-20(14-16)25-21(18-7-3-2-4-8-18)23-24-22(25)29-15-17-10-12-19(13-11-17)26(27)28/h2-14H,15H2,1H3. The van der Waals surface area contributed by atoms with Crippen LogP contribution in [0.5, 0.6) is 0 Å². The number of thioether (sulfide) groups is 1. The van der Waals surface area contributed by atoms with E-state index in [4.69, 9.17) is 0 Å². The van der Waals surface area contributed by atoms with Crippen molar-refractivity contribution in [1.82, 2.24) is 14.8 Å². The summed E-state index contributed by atoms with van der Waals surface area (Å²) in [5, 5.41) is 20.5. The summed E-state index contributed by atoms with van der Waals surface area (Å²) in [6.07, 6.45) is 0. The molecule has 0 saturated heterocycles. The van der Waals surface area contributed by atoms with Gasteiger partial charge in [-0.05, 0) is 30.2 Å². The van der Waals surface area contributed by atoms with E-state index in [9.17, 15) is 10.1 Å². The normalized spacial score (nSPS) is 10.8. The summed E-state index contributed by atoms with van der Waals surface area (Å²) in [6.45, 7) is 2.06. The molecule has 4 rings (SSSR count). The van der Waals surface area contributed by atoms with Crippen LogP contribution in [0.1, 0.15) is 11.1 Å². The number of hydrogen-bond acceptors (Lipinski definition) is 5. The van der Waals surface area contributed by atoms with Gasteiger partial charge >= 0.3 is 0 Å². The third-order valence-electron chi connectivity index (χ3n) is 4.44. The first-order valence-electron chi connectivity index (χ1n) is 9.06. The third-order valence-corrected chi connectivity index (χ3v) is 5.44. The van der Waals surface area contributed by atoms with Gasteiger partial charge < -0.3 is 0 Å². The van der Waals surface area contributed by atoms with Crippen LogP contribution in [0.4, 0.5) is 5.69 Å². The van der Waals surface area contributed by atoms with Gasteiger partial charge in [0.25, 0.3) is 5.69 Å². The molecule has 4 aromatic rings. The Hall–Kier alpha value is -3.45. The molecule has 1 aromatic heterocycles. The molecule has 0 atom stereocenters. The summed E-state index contributed by atoms with van der Waals surface area (Å²) in [4.78, 5) is 10.4. The molecule has 0 radical (unpaired) electrons. The van der Waals surface area contributed by atoms with E-state index in [1.807, 2.05) is 42.5 Å². The van der Waals surface area contributed by atoms with E-state index in [0.29, 0.717) is 5.75 Å². The maximum atomic E-state index is 10.8. The second-order valence-corrected chi connectivity index (χ2v) is 7.50. The molecule has 0 amide bonds. The lowest BCUT2D eigenvalue weighted by atomic mass is 10.2. The fourth-order valence-electron chi connectivity index (χ4n) is 3.00. The first kappa shape index (κ1) is 18.9. The van der Waals surface area contributed by atoms with E-state index in [0.717, 1.165) is 33.4 Å². The zero-order valence-electron chi connectivity index (χ0n) is 15.7. The van der Waals surface area contributed by atoms with Crippen LogP contribution < -0.4 is 0 Å². The molecule has 7 heteroatoms. The minimum Gasteiger partial charge on any atom is -0.270 e. The van der Waals surface area contributed by atoms with E-state index in [2.05, 4.69) is 33.8 Å². The Labute approximate surface area is 172 Å². The molecule has 0 unspecified atom stereocenters. The van der Waals surface area contributed by atoms with Crippen molar-refractivity contribution >= 4 is 17.4 Å². The van der Waals surface area contributed by atoms with E-state index in [1.54, 1.807) is 23.9 Å².